The van der Waals surface area contributed by atoms with E-state index < -0.39 is 11.8 Å². The molecule has 0 atom stereocenters. The lowest BCUT2D eigenvalue weighted by atomic mass is 10.1. The van der Waals surface area contributed by atoms with Gasteiger partial charge in [0, 0.05) is 23.1 Å². The van der Waals surface area contributed by atoms with Gasteiger partial charge in [-0.15, -0.1) is 10.2 Å². The molecule has 2 N–H and O–H groups in total. The molecular weight excluding hydrogens is 448 g/mol. The van der Waals surface area contributed by atoms with Crippen LogP contribution in [0.5, 0.6) is 11.5 Å². The van der Waals surface area contributed by atoms with E-state index in [0.717, 1.165) is 17.5 Å². The molecule has 5 rings (SSSR count). The van der Waals surface area contributed by atoms with E-state index in [4.69, 9.17) is 9.47 Å². The van der Waals surface area contributed by atoms with Crippen molar-refractivity contribution in [1.82, 2.24) is 31.1 Å². The fourth-order valence-electron chi connectivity index (χ4n) is 3.50. The van der Waals surface area contributed by atoms with Gasteiger partial charge in [0.15, 0.2) is 11.5 Å². The van der Waals surface area contributed by atoms with Crippen molar-refractivity contribution in [2.24, 2.45) is 0 Å². The van der Waals surface area contributed by atoms with Crippen LogP contribution in [0.4, 0.5) is 0 Å². The molecule has 0 bridgehead atoms. The van der Waals surface area contributed by atoms with Crippen molar-refractivity contribution in [2.75, 3.05) is 13.2 Å². The summed E-state index contributed by atoms with van der Waals surface area (Å²) in [5, 5.41) is 12.6. The summed E-state index contributed by atoms with van der Waals surface area (Å²) in [6.07, 6.45) is 0.773. The average molecular weight is 470 g/mol. The van der Waals surface area contributed by atoms with Gasteiger partial charge in [-0.2, -0.15) is 4.80 Å². The highest BCUT2D eigenvalue weighted by molar-refractivity contribution is 5.99. The summed E-state index contributed by atoms with van der Waals surface area (Å²) in [5.41, 5.74) is 7.38. The lowest BCUT2D eigenvalue weighted by Crippen LogP contribution is -2.41. The maximum atomic E-state index is 12.5. The number of rotatable bonds is 5. The smallest absolute Gasteiger partial charge is 0.269 e. The van der Waals surface area contributed by atoms with Crippen molar-refractivity contribution < 1.29 is 19.1 Å². The van der Waals surface area contributed by atoms with Crippen LogP contribution >= 0.6 is 0 Å². The van der Waals surface area contributed by atoms with E-state index in [-0.39, 0.29) is 0 Å². The second-order valence-corrected chi connectivity index (χ2v) is 7.83. The minimum absolute atomic E-state index is 0.347. The van der Waals surface area contributed by atoms with Gasteiger partial charge in [-0.25, -0.2) is 0 Å². The van der Waals surface area contributed by atoms with E-state index in [1.807, 2.05) is 30.3 Å². The number of tetrazole rings is 1. The first-order valence-electron chi connectivity index (χ1n) is 11.1. The molecule has 0 radical (unpaired) electrons. The molecule has 0 aliphatic carbocycles. The number of hydrogen-bond acceptors (Lipinski definition) is 7. The van der Waals surface area contributed by atoms with E-state index in [9.17, 15) is 9.59 Å². The predicted molar refractivity (Wildman–Crippen MR) is 126 cm³/mol. The van der Waals surface area contributed by atoms with Crippen LogP contribution in [-0.2, 0) is 6.54 Å². The molecule has 3 aromatic carbocycles. The van der Waals surface area contributed by atoms with Gasteiger partial charge >= 0.3 is 0 Å². The maximum Gasteiger partial charge on any atom is 0.269 e. The lowest BCUT2D eigenvalue weighted by molar-refractivity contribution is 0.0846. The summed E-state index contributed by atoms with van der Waals surface area (Å²) in [5.74, 6) is 0.753. The minimum Gasteiger partial charge on any atom is -0.490 e. The van der Waals surface area contributed by atoms with Crippen LogP contribution < -0.4 is 20.3 Å². The molecule has 1 aliphatic heterocycles. The third-order valence-electron chi connectivity index (χ3n) is 5.32. The molecule has 2 heterocycles. The Balaban J connectivity index is 1.16. The minimum atomic E-state index is -0.461. The normalized spacial score (nSPS) is 12.5. The first kappa shape index (κ1) is 22.1. The van der Waals surface area contributed by atoms with Crippen LogP contribution in [-0.4, -0.2) is 45.2 Å². The monoisotopic (exact) mass is 470 g/mol. The fourth-order valence-corrected chi connectivity index (χ4v) is 3.50. The molecular formula is C25H22N6O4. The number of carbonyl (C=O) groups excluding carboxylic acids is 2. The molecule has 0 fully saturated rings. The Hall–Kier alpha value is -4.73. The Bertz CT molecular complexity index is 1340. The van der Waals surface area contributed by atoms with Gasteiger partial charge in [0.1, 0.15) is 0 Å². The summed E-state index contributed by atoms with van der Waals surface area (Å²) in [6.45, 7) is 1.49. The van der Waals surface area contributed by atoms with E-state index >= 15 is 0 Å². The van der Waals surface area contributed by atoms with E-state index in [0.29, 0.717) is 48.2 Å². The van der Waals surface area contributed by atoms with Crippen LogP contribution in [0.2, 0.25) is 0 Å². The maximum absolute atomic E-state index is 12.5. The standard InChI is InChI=1S/C25H22N6O4/c32-24(27-28-25(33)20-11-12-21-22(15-20)35-14-4-13-34-21)19-9-7-17(8-10-19)16-31-29-23(26-30-31)18-5-2-1-3-6-18/h1-3,5-12,15H,4,13-14,16H2,(H,27,32)(H,28,33). The van der Waals surface area contributed by atoms with Gasteiger partial charge in [0.25, 0.3) is 11.8 Å². The number of amides is 2. The Morgan fingerprint density at radius 3 is 2.29 bits per heavy atom. The predicted octanol–water partition coefficient (Wildman–Crippen LogP) is 2.62. The van der Waals surface area contributed by atoms with Crippen molar-refractivity contribution in [2.45, 2.75) is 13.0 Å². The van der Waals surface area contributed by atoms with Crippen molar-refractivity contribution in [3.63, 3.8) is 0 Å². The number of hydrogen-bond donors (Lipinski definition) is 2. The highest BCUT2D eigenvalue weighted by atomic mass is 16.5. The van der Waals surface area contributed by atoms with Crippen molar-refractivity contribution in [3.05, 3.63) is 89.5 Å². The quantitative estimate of drug-likeness (QED) is 0.430. The van der Waals surface area contributed by atoms with E-state index in [2.05, 4.69) is 26.3 Å². The molecule has 0 unspecified atom stereocenters. The third kappa shape index (κ3) is 5.27. The molecule has 4 aromatic rings. The molecule has 0 saturated carbocycles. The summed E-state index contributed by atoms with van der Waals surface area (Å²) in [4.78, 5) is 26.4. The number of benzene rings is 3. The second-order valence-electron chi connectivity index (χ2n) is 7.83. The van der Waals surface area contributed by atoms with E-state index in [1.54, 1.807) is 42.5 Å². The van der Waals surface area contributed by atoms with Gasteiger partial charge in [-0.1, -0.05) is 42.5 Å². The summed E-state index contributed by atoms with van der Waals surface area (Å²) in [7, 11) is 0. The first-order chi connectivity index (χ1) is 17.2. The molecule has 176 valence electrons. The topological polar surface area (TPSA) is 120 Å². The molecule has 1 aliphatic rings. The Morgan fingerprint density at radius 2 is 1.51 bits per heavy atom. The van der Waals surface area contributed by atoms with Crippen LogP contribution in [0.1, 0.15) is 32.7 Å². The Morgan fingerprint density at radius 1 is 0.829 bits per heavy atom. The Labute approximate surface area is 200 Å². The van der Waals surface area contributed by atoms with Gasteiger partial charge in [-0.05, 0) is 41.1 Å². The zero-order chi connectivity index (χ0) is 24.0. The lowest BCUT2D eigenvalue weighted by Gasteiger charge is -2.11. The van der Waals surface area contributed by atoms with Gasteiger partial charge in [-0.3, -0.25) is 20.4 Å². The van der Waals surface area contributed by atoms with E-state index in [1.165, 1.54) is 4.80 Å². The summed E-state index contributed by atoms with van der Waals surface area (Å²) < 4.78 is 11.2. The van der Waals surface area contributed by atoms with Crippen LogP contribution in [0.3, 0.4) is 0 Å². The number of hydrazine groups is 1. The molecule has 2 amide bonds. The number of ether oxygens (including phenoxy) is 2. The van der Waals surface area contributed by atoms with Crippen LogP contribution in [0, 0.1) is 0 Å². The van der Waals surface area contributed by atoms with Crippen LogP contribution in [0.15, 0.2) is 72.8 Å². The zero-order valence-corrected chi connectivity index (χ0v) is 18.7. The largest absolute Gasteiger partial charge is 0.490 e. The van der Waals surface area contributed by atoms with Gasteiger partial charge in [0.2, 0.25) is 5.82 Å². The third-order valence-corrected chi connectivity index (χ3v) is 5.32. The van der Waals surface area contributed by atoms with Gasteiger partial charge < -0.3 is 9.47 Å². The average Bonchev–Trinajstić information content (AvgIpc) is 3.23. The fraction of sp³-hybridized carbons (Fsp3) is 0.160. The van der Waals surface area contributed by atoms with Crippen LogP contribution in [0.25, 0.3) is 11.4 Å². The molecule has 35 heavy (non-hydrogen) atoms. The zero-order valence-electron chi connectivity index (χ0n) is 18.7. The number of carbonyl (C=O) groups is 2. The Kier molecular flexibility index (Phi) is 6.33. The SMILES string of the molecule is O=C(NNC(=O)c1ccc2c(c1)OCCCO2)c1ccc(Cn2nnc(-c3ccccc3)n2)cc1. The number of aromatic nitrogens is 4. The second kappa shape index (κ2) is 10.0. The number of nitrogens with zero attached hydrogens (tertiary/aromatic N) is 4. The molecule has 0 saturated heterocycles. The highest BCUT2D eigenvalue weighted by Gasteiger charge is 2.15. The summed E-state index contributed by atoms with van der Waals surface area (Å²) in [6, 6.07) is 21.4. The summed E-state index contributed by atoms with van der Waals surface area (Å²) >= 11 is 0. The van der Waals surface area contributed by atoms with Gasteiger partial charge in [0.05, 0.1) is 19.8 Å². The number of fused-ring (bicyclic) bond motifs is 1. The first-order valence-corrected chi connectivity index (χ1v) is 11.1. The highest BCUT2D eigenvalue weighted by Crippen LogP contribution is 2.30. The molecule has 1 aromatic heterocycles. The molecule has 10 nitrogen and oxygen atoms in total. The number of nitrogens with one attached hydrogen (secondary N) is 2. The van der Waals surface area contributed by atoms with Crippen molar-refractivity contribution in [1.29, 1.82) is 0 Å². The molecule has 10 heteroatoms. The van der Waals surface area contributed by atoms with Crippen molar-refractivity contribution in [3.8, 4) is 22.9 Å². The van der Waals surface area contributed by atoms with Crippen molar-refractivity contribution >= 4 is 11.8 Å². The molecule has 0 spiro atoms.